The molecule has 0 aliphatic rings. The highest BCUT2D eigenvalue weighted by atomic mass is 32.2. The van der Waals surface area contributed by atoms with Gasteiger partial charge >= 0.3 is 0 Å². The summed E-state index contributed by atoms with van der Waals surface area (Å²) in [6.45, 7) is 0.640. The van der Waals surface area contributed by atoms with Gasteiger partial charge in [0.25, 0.3) is 0 Å². The first-order valence-corrected chi connectivity index (χ1v) is 10.7. The predicted octanol–water partition coefficient (Wildman–Crippen LogP) is 2.26. The van der Waals surface area contributed by atoms with Gasteiger partial charge in [-0.1, -0.05) is 30.3 Å². The van der Waals surface area contributed by atoms with Crippen LogP contribution in [-0.4, -0.2) is 36.7 Å². The fourth-order valence-electron chi connectivity index (χ4n) is 3.16. The van der Waals surface area contributed by atoms with Crippen LogP contribution in [0.4, 0.5) is 5.69 Å². The van der Waals surface area contributed by atoms with Crippen molar-refractivity contribution in [3.8, 4) is 0 Å². The molecular formula is C20H24N4O3S. The van der Waals surface area contributed by atoms with Crippen LogP contribution in [0.2, 0.25) is 0 Å². The summed E-state index contributed by atoms with van der Waals surface area (Å²) in [6.07, 6.45) is 4.84. The number of hydrogen-bond donors (Lipinski definition) is 0. The van der Waals surface area contributed by atoms with Gasteiger partial charge in [-0.2, -0.15) is 9.78 Å². The van der Waals surface area contributed by atoms with E-state index in [1.54, 1.807) is 0 Å². The molecule has 1 heterocycles. The minimum absolute atomic E-state index is 0.318. The summed E-state index contributed by atoms with van der Waals surface area (Å²) in [5, 5.41) is 7.44. The molecule has 3 aromatic rings. The van der Waals surface area contributed by atoms with Crippen molar-refractivity contribution < 1.29 is 17.7 Å². The maximum Gasteiger partial charge on any atom is 0.203 e. The average molecular weight is 401 g/mol. The average Bonchev–Trinajstić information content (AvgIpc) is 2.99. The van der Waals surface area contributed by atoms with Crippen molar-refractivity contribution in [1.82, 2.24) is 4.68 Å². The van der Waals surface area contributed by atoms with Gasteiger partial charge in [0.1, 0.15) is 5.52 Å². The van der Waals surface area contributed by atoms with Crippen molar-refractivity contribution in [3.63, 3.8) is 0 Å². The molecule has 0 saturated carbocycles. The number of rotatable bonds is 8. The Morgan fingerprint density at radius 2 is 1.89 bits per heavy atom. The zero-order valence-electron chi connectivity index (χ0n) is 16.0. The van der Waals surface area contributed by atoms with Gasteiger partial charge in [0, 0.05) is 24.8 Å². The van der Waals surface area contributed by atoms with Gasteiger partial charge in [0.05, 0.1) is 34.5 Å². The Bertz CT molecular complexity index is 1080. The second-order valence-corrected chi connectivity index (χ2v) is 8.20. The van der Waals surface area contributed by atoms with Crippen molar-refractivity contribution in [3.05, 3.63) is 60.3 Å². The molecule has 0 radical (unpaired) electrons. The highest BCUT2D eigenvalue weighted by molar-refractivity contribution is 7.85. The van der Waals surface area contributed by atoms with Gasteiger partial charge in [0.2, 0.25) is 6.20 Å². The number of hydrogen-bond acceptors (Lipinski definition) is 5. The number of nitrogens with zero attached hydrogens (tertiary/aromatic N) is 4. The van der Waals surface area contributed by atoms with Crippen molar-refractivity contribution >= 4 is 32.9 Å². The van der Waals surface area contributed by atoms with Crippen LogP contribution in [0, 0.1) is 0 Å². The Balaban J connectivity index is 1.78. The number of unbranched alkanes of at least 4 members (excludes halogenated alkanes) is 1. The summed E-state index contributed by atoms with van der Waals surface area (Å²) < 4.78 is 36.3. The van der Waals surface area contributed by atoms with Crippen LogP contribution in [0.1, 0.15) is 18.4 Å². The Kier molecular flexibility index (Phi) is 6.11. The molecule has 0 aliphatic carbocycles. The molecule has 0 spiro atoms. The standard InChI is InChI=1S/C20H24N4O3S/c1-22(19-11-4-3-5-12-19)21-15-17-9-8-10-18-16-24(23(2)20(17)18)13-6-7-14-28(25,26)27/h3-5,8-12,15-16H,6-7,13-14H2,1-2H3. The van der Waals surface area contributed by atoms with Crippen LogP contribution in [-0.2, 0) is 23.7 Å². The van der Waals surface area contributed by atoms with E-state index in [-0.39, 0.29) is 5.75 Å². The topological polar surface area (TPSA) is 81.6 Å². The van der Waals surface area contributed by atoms with Crippen LogP contribution in [0.3, 0.4) is 0 Å². The van der Waals surface area contributed by atoms with Crippen LogP contribution in [0.15, 0.2) is 59.8 Å². The van der Waals surface area contributed by atoms with E-state index in [0.29, 0.717) is 19.4 Å². The highest BCUT2D eigenvalue weighted by Crippen LogP contribution is 2.17. The number of para-hydroxylation sites is 2. The van der Waals surface area contributed by atoms with Gasteiger partial charge < -0.3 is 4.55 Å². The maximum absolute atomic E-state index is 10.7. The van der Waals surface area contributed by atoms with E-state index in [1.165, 1.54) is 0 Å². The van der Waals surface area contributed by atoms with E-state index >= 15 is 0 Å². The molecule has 1 aromatic heterocycles. The molecule has 0 N–H and O–H groups in total. The molecule has 0 unspecified atom stereocenters. The summed E-state index contributed by atoms with van der Waals surface area (Å²) in [5.41, 5.74) is 3.04. The predicted molar refractivity (Wildman–Crippen MR) is 109 cm³/mol. The van der Waals surface area contributed by atoms with Crippen LogP contribution >= 0.6 is 0 Å². The SMILES string of the molecule is CN(N=Cc1cccc2c[n+](CCCCS(=O)(=O)[O-])n(C)c12)c1ccccc1. The lowest BCUT2D eigenvalue weighted by Gasteiger charge is -2.12. The Hall–Kier alpha value is -2.71. The van der Waals surface area contributed by atoms with E-state index in [2.05, 4.69) is 5.10 Å². The van der Waals surface area contributed by atoms with Crippen LogP contribution < -0.4 is 9.69 Å². The molecule has 2 aromatic carbocycles. The molecule has 0 fully saturated rings. The first-order chi connectivity index (χ1) is 13.3. The molecule has 28 heavy (non-hydrogen) atoms. The van der Waals surface area contributed by atoms with Crippen LogP contribution in [0.25, 0.3) is 10.9 Å². The van der Waals surface area contributed by atoms with Crippen molar-refractivity contribution in [2.45, 2.75) is 19.4 Å². The second kappa shape index (κ2) is 8.53. The smallest absolute Gasteiger partial charge is 0.203 e. The first kappa shape index (κ1) is 20.0. The summed E-state index contributed by atoms with van der Waals surface area (Å²) >= 11 is 0. The normalized spacial score (nSPS) is 12.1. The number of aryl methyl sites for hydroxylation is 2. The minimum atomic E-state index is -4.15. The monoisotopic (exact) mass is 400 g/mol. The largest absolute Gasteiger partial charge is 0.748 e. The number of benzene rings is 2. The van der Waals surface area contributed by atoms with Gasteiger partial charge in [-0.25, -0.2) is 8.42 Å². The third-order valence-electron chi connectivity index (χ3n) is 4.63. The van der Waals surface area contributed by atoms with Crippen molar-refractivity contribution in [1.29, 1.82) is 0 Å². The van der Waals surface area contributed by atoms with E-state index in [1.807, 2.05) is 89.4 Å². The minimum Gasteiger partial charge on any atom is -0.748 e. The molecule has 0 amide bonds. The first-order valence-electron chi connectivity index (χ1n) is 9.09. The number of aromatic nitrogens is 2. The Morgan fingerprint density at radius 3 is 2.61 bits per heavy atom. The van der Waals surface area contributed by atoms with E-state index in [4.69, 9.17) is 0 Å². The molecule has 0 atom stereocenters. The summed E-state index contributed by atoms with van der Waals surface area (Å²) in [5.74, 6) is -0.318. The molecular weight excluding hydrogens is 376 g/mol. The van der Waals surface area contributed by atoms with E-state index < -0.39 is 10.1 Å². The van der Waals surface area contributed by atoms with Gasteiger partial charge in [-0.3, -0.25) is 5.01 Å². The van der Waals surface area contributed by atoms with Gasteiger partial charge in [-0.15, -0.1) is 4.68 Å². The van der Waals surface area contributed by atoms with Gasteiger partial charge in [-0.05, 0) is 24.6 Å². The summed E-state index contributed by atoms with van der Waals surface area (Å²) in [4.78, 5) is 0. The van der Waals surface area contributed by atoms with Gasteiger partial charge in [0.15, 0.2) is 6.54 Å². The lowest BCUT2D eigenvalue weighted by molar-refractivity contribution is -0.771. The number of anilines is 1. The zero-order chi connectivity index (χ0) is 20.1. The summed E-state index contributed by atoms with van der Waals surface area (Å²) in [6, 6.07) is 15.9. The second-order valence-electron chi connectivity index (χ2n) is 6.67. The van der Waals surface area contributed by atoms with E-state index in [0.717, 1.165) is 22.2 Å². The molecule has 3 rings (SSSR count). The molecule has 0 aliphatic heterocycles. The molecule has 148 valence electrons. The Morgan fingerprint density at radius 1 is 1.14 bits per heavy atom. The molecule has 8 heteroatoms. The van der Waals surface area contributed by atoms with Crippen molar-refractivity contribution in [2.75, 3.05) is 17.8 Å². The summed E-state index contributed by atoms with van der Waals surface area (Å²) in [7, 11) is -0.279. The third-order valence-corrected chi connectivity index (χ3v) is 5.42. The van der Waals surface area contributed by atoms with Crippen molar-refractivity contribution in [2.24, 2.45) is 12.1 Å². The molecule has 0 bridgehead atoms. The quantitative estimate of drug-likeness (QED) is 0.191. The molecule has 0 saturated heterocycles. The number of fused-ring (bicyclic) bond motifs is 1. The maximum atomic E-state index is 10.7. The van der Waals surface area contributed by atoms with Crippen LogP contribution in [0.5, 0.6) is 0 Å². The molecule has 7 nitrogen and oxygen atoms in total. The number of hydrazone groups is 1. The highest BCUT2D eigenvalue weighted by Gasteiger charge is 2.15. The van der Waals surface area contributed by atoms with E-state index in [9.17, 15) is 13.0 Å². The third kappa shape index (κ3) is 4.96. The lowest BCUT2D eigenvalue weighted by Crippen LogP contribution is -2.41. The lowest BCUT2D eigenvalue weighted by atomic mass is 10.1. The fourth-order valence-corrected chi connectivity index (χ4v) is 3.72. The Labute approximate surface area is 165 Å². The zero-order valence-corrected chi connectivity index (χ0v) is 16.8. The fraction of sp³-hybridized carbons (Fsp3) is 0.300.